The van der Waals surface area contributed by atoms with Gasteiger partial charge in [0.25, 0.3) is 0 Å². The Morgan fingerprint density at radius 1 is 1.11 bits per heavy atom. The van der Waals surface area contributed by atoms with E-state index in [4.69, 9.17) is 28.9 Å². The number of nitrogens with two attached hydrogens (primary N) is 1. The van der Waals surface area contributed by atoms with Gasteiger partial charge in [-0.15, -0.1) is 0 Å². The van der Waals surface area contributed by atoms with Crippen LogP contribution >= 0.6 is 23.2 Å². The van der Waals surface area contributed by atoms with Gasteiger partial charge in [-0.3, -0.25) is 0 Å². The van der Waals surface area contributed by atoms with Crippen molar-refractivity contribution >= 4 is 40.3 Å². The quantitative estimate of drug-likeness (QED) is 0.616. The van der Waals surface area contributed by atoms with Gasteiger partial charge < -0.3 is 11.1 Å². The number of rotatable bonds is 2. The Morgan fingerprint density at radius 3 is 2.33 bits per heavy atom. The maximum atomic E-state index is 13.3. The molecule has 0 saturated heterocycles. The summed E-state index contributed by atoms with van der Waals surface area (Å²) in [7, 11) is 0. The maximum Gasteiger partial charge on any atom is 0.160 e. The van der Waals surface area contributed by atoms with Gasteiger partial charge in [0.2, 0.25) is 0 Å². The minimum absolute atomic E-state index is 0.0313. The first-order chi connectivity index (χ1) is 8.47. The third-order valence-corrected chi connectivity index (χ3v) is 3.02. The summed E-state index contributed by atoms with van der Waals surface area (Å²) in [4.78, 5) is 0. The van der Waals surface area contributed by atoms with Crippen molar-refractivity contribution in [2.75, 3.05) is 11.1 Å². The van der Waals surface area contributed by atoms with Crippen molar-refractivity contribution in [3.63, 3.8) is 0 Å². The lowest BCUT2D eigenvalue weighted by Gasteiger charge is -2.11. The minimum Gasteiger partial charge on any atom is -0.397 e. The highest BCUT2D eigenvalue weighted by molar-refractivity contribution is 6.35. The van der Waals surface area contributed by atoms with E-state index in [0.717, 1.165) is 11.3 Å². The van der Waals surface area contributed by atoms with E-state index in [9.17, 15) is 4.39 Å². The van der Waals surface area contributed by atoms with Crippen LogP contribution in [-0.2, 0) is 0 Å². The van der Waals surface area contributed by atoms with E-state index in [1.54, 1.807) is 6.07 Å². The third-order valence-electron chi connectivity index (χ3n) is 2.47. The van der Waals surface area contributed by atoms with E-state index in [1.165, 1.54) is 12.1 Å². The highest BCUT2D eigenvalue weighted by Gasteiger charge is 2.08. The molecule has 94 valence electrons. The molecule has 0 heterocycles. The lowest BCUT2D eigenvalue weighted by Crippen LogP contribution is -1.97. The third kappa shape index (κ3) is 2.68. The fourth-order valence-corrected chi connectivity index (χ4v) is 2.05. The molecule has 2 rings (SSSR count). The van der Waals surface area contributed by atoms with Crippen molar-refractivity contribution in [2.24, 2.45) is 0 Å². The molecule has 0 unspecified atom stereocenters. The van der Waals surface area contributed by atoms with E-state index in [1.807, 2.05) is 19.1 Å². The molecular weight excluding hydrogens is 274 g/mol. The zero-order valence-corrected chi connectivity index (χ0v) is 11.1. The molecule has 0 fully saturated rings. The van der Waals surface area contributed by atoms with Gasteiger partial charge in [0.15, 0.2) is 5.82 Å². The number of nitrogens with one attached hydrogen (secondary N) is 1. The van der Waals surface area contributed by atoms with E-state index >= 15 is 0 Å². The molecule has 0 aliphatic rings. The van der Waals surface area contributed by atoms with Gasteiger partial charge >= 0.3 is 0 Å². The summed E-state index contributed by atoms with van der Waals surface area (Å²) in [6.07, 6.45) is 0. The molecule has 0 aliphatic carbocycles. The fraction of sp³-hybridized carbons (Fsp3) is 0.0769. The molecular formula is C13H11Cl2FN2. The topological polar surface area (TPSA) is 38.0 Å². The lowest BCUT2D eigenvalue weighted by molar-refractivity contribution is 0.629. The van der Waals surface area contributed by atoms with Crippen molar-refractivity contribution in [2.45, 2.75) is 6.92 Å². The van der Waals surface area contributed by atoms with Gasteiger partial charge in [0, 0.05) is 5.69 Å². The molecule has 0 saturated carbocycles. The van der Waals surface area contributed by atoms with Crippen molar-refractivity contribution in [1.29, 1.82) is 0 Å². The van der Waals surface area contributed by atoms with Crippen LogP contribution in [0, 0.1) is 12.7 Å². The van der Waals surface area contributed by atoms with E-state index in [2.05, 4.69) is 5.32 Å². The molecule has 5 heteroatoms. The summed E-state index contributed by atoms with van der Waals surface area (Å²) in [5.41, 5.74) is 8.81. The Bertz CT molecular complexity index is 577. The van der Waals surface area contributed by atoms with Gasteiger partial charge in [0.1, 0.15) is 0 Å². The SMILES string of the molecule is Cc1ccc(N)c(Nc2cc(Cl)c(F)c(Cl)c2)c1. The van der Waals surface area contributed by atoms with Gasteiger partial charge in [-0.25, -0.2) is 4.39 Å². The molecule has 2 aromatic rings. The summed E-state index contributed by atoms with van der Waals surface area (Å²) in [5, 5.41) is 3.00. The van der Waals surface area contributed by atoms with Crippen LogP contribution in [0.3, 0.4) is 0 Å². The predicted octanol–water partition coefficient (Wildman–Crippen LogP) is 4.77. The van der Waals surface area contributed by atoms with E-state index < -0.39 is 5.82 Å². The molecule has 0 aromatic heterocycles. The molecule has 0 spiro atoms. The second kappa shape index (κ2) is 5.04. The Kier molecular flexibility index (Phi) is 3.64. The number of hydrogen-bond donors (Lipinski definition) is 2. The van der Waals surface area contributed by atoms with Crippen LogP contribution < -0.4 is 11.1 Å². The molecule has 18 heavy (non-hydrogen) atoms. The number of anilines is 3. The highest BCUT2D eigenvalue weighted by Crippen LogP contribution is 2.30. The summed E-state index contributed by atoms with van der Waals surface area (Å²) in [6.45, 7) is 1.95. The first-order valence-electron chi connectivity index (χ1n) is 5.25. The second-order valence-electron chi connectivity index (χ2n) is 3.97. The van der Waals surface area contributed by atoms with Crippen LogP contribution in [0.1, 0.15) is 5.56 Å². The zero-order chi connectivity index (χ0) is 13.3. The van der Waals surface area contributed by atoms with Crippen LogP contribution in [0.25, 0.3) is 0 Å². The Balaban J connectivity index is 2.37. The number of nitrogen functional groups attached to an aromatic ring is 1. The monoisotopic (exact) mass is 284 g/mol. The first kappa shape index (κ1) is 13.0. The largest absolute Gasteiger partial charge is 0.397 e. The first-order valence-corrected chi connectivity index (χ1v) is 6.00. The van der Waals surface area contributed by atoms with E-state index in [-0.39, 0.29) is 10.0 Å². The van der Waals surface area contributed by atoms with Crippen LogP contribution in [0.2, 0.25) is 10.0 Å². The Morgan fingerprint density at radius 2 is 1.72 bits per heavy atom. The molecule has 0 bridgehead atoms. The standard InChI is InChI=1S/C13H11Cl2FN2/c1-7-2-3-11(17)12(4-7)18-8-5-9(14)13(16)10(15)6-8/h2-6,18H,17H2,1H3. The number of benzene rings is 2. The lowest BCUT2D eigenvalue weighted by atomic mass is 10.2. The molecule has 2 nitrogen and oxygen atoms in total. The Labute approximate surface area is 115 Å². The molecule has 0 amide bonds. The normalized spacial score (nSPS) is 10.4. The van der Waals surface area contributed by atoms with Crippen LogP contribution in [0.4, 0.5) is 21.5 Å². The number of aryl methyl sites for hydroxylation is 1. The smallest absolute Gasteiger partial charge is 0.160 e. The van der Waals surface area contributed by atoms with Crippen molar-refractivity contribution in [3.8, 4) is 0 Å². The Hall–Kier alpha value is -1.45. The molecule has 2 aromatic carbocycles. The van der Waals surface area contributed by atoms with Crippen LogP contribution in [-0.4, -0.2) is 0 Å². The molecule has 0 atom stereocenters. The van der Waals surface area contributed by atoms with Crippen molar-refractivity contribution in [1.82, 2.24) is 0 Å². The number of hydrogen-bond acceptors (Lipinski definition) is 2. The summed E-state index contributed by atoms with van der Waals surface area (Å²) < 4.78 is 13.3. The van der Waals surface area contributed by atoms with Crippen LogP contribution in [0.5, 0.6) is 0 Å². The second-order valence-corrected chi connectivity index (χ2v) is 4.78. The fourth-order valence-electron chi connectivity index (χ4n) is 1.56. The van der Waals surface area contributed by atoms with Gasteiger partial charge in [-0.05, 0) is 36.8 Å². The minimum atomic E-state index is -0.624. The van der Waals surface area contributed by atoms with E-state index in [0.29, 0.717) is 11.4 Å². The van der Waals surface area contributed by atoms with Crippen LogP contribution in [0.15, 0.2) is 30.3 Å². The zero-order valence-electron chi connectivity index (χ0n) is 9.60. The van der Waals surface area contributed by atoms with Crippen molar-refractivity contribution in [3.05, 3.63) is 51.8 Å². The summed E-state index contributed by atoms with van der Waals surface area (Å²) >= 11 is 11.5. The summed E-state index contributed by atoms with van der Waals surface area (Å²) in [5.74, 6) is -0.624. The summed E-state index contributed by atoms with van der Waals surface area (Å²) in [6, 6.07) is 8.52. The average molecular weight is 285 g/mol. The average Bonchev–Trinajstić information content (AvgIpc) is 2.31. The molecule has 0 radical (unpaired) electrons. The molecule has 0 aliphatic heterocycles. The predicted molar refractivity (Wildman–Crippen MR) is 75.3 cm³/mol. The van der Waals surface area contributed by atoms with Gasteiger partial charge in [-0.2, -0.15) is 0 Å². The molecule has 3 N–H and O–H groups in total. The maximum absolute atomic E-state index is 13.3. The highest BCUT2D eigenvalue weighted by atomic mass is 35.5. The van der Waals surface area contributed by atoms with Gasteiger partial charge in [-0.1, -0.05) is 29.3 Å². The number of halogens is 3. The van der Waals surface area contributed by atoms with Gasteiger partial charge in [0.05, 0.1) is 21.4 Å². The van der Waals surface area contributed by atoms with Crippen molar-refractivity contribution < 1.29 is 4.39 Å².